The summed E-state index contributed by atoms with van der Waals surface area (Å²) in [6.07, 6.45) is 8.03. The van der Waals surface area contributed by atoms with Crippen molar-refractivity contribution < 1.29 is 5.11 Å². The predicted molar refractivity (Wildman–Crippen MR) is 49.5 cm³/mol. The third-order valence-corrected chi connectivity index (χ3v) is 1.92. The summed E-state index contributed by atoms with van der Waals surface area (Å²) >= 11 is 0. The van der Waals surface area contributed by atoms with Crippen molar-refractivity contribution >= 4 is 0 Å². The monoisotopic (exact) mass is 156 g/mol. The Balaban J connectivity index is 2.95. The lowest BCUT2D eigenvalue weighted by Crippen LogP contribution is -1.99. The van der Waals surface area contributed by atoms with Crippen molar-refractivity contribution in [3.63, 3.8) is 0 Å². The number of aliphatic hydroxyl groups excluding tert-OH is 1. The van der Waals surface area contributed by atoms with E-state index in [0.717, 1.165) is 12.8 Å². The molecular formula is C10H20O. The van der Waals surface area contributed by atoms with Crippen LogP contribution >= 0.6 is 0 Å². The lowest BCUT2D eigenvalue weighted by Gasteiger charge is -2.05. The quantitative estimate of drug-likeness (QED) is 0.444. The molecule has 0 aliphatic carbocycles. The normalized spacial score (nSPS) is 12.9. The van der Waals surface area contributed by atoms with Crippen LogP contribution in [0.5, 0.6) is 0 Å². The molecule has 0 amide bonds. The van der Waals surface area contributed by atoms with Gasteiger partial charge in [0, 0.05) is 6.61 Å². The second kappa shape index (κ2) is 7.80. The number of hydrogen-bond donors (Lipinski definition) is 1. The second-order valence-corrected chi connectivity index (χ2v) is 3.21. The zero-order valence-corrected chi connectivity index (χ0v) is 7.55. The van der Waals surface area contributed by atoms with Crippen LogP contribution in [0.25, 0.3) is 0 Å². The fourth-order valence-electron chi connectivity index (χ4n) is 1.05. The standard InChI is InChI=1S/C10H20O/c1-3-4-5-6-7-8-10(2)9-11/h3,10-11H,1,4-9H2,2H3/t10-/m0/s1. The van der Waals surface area contributed by atoms with Gasteiger partial charge >= 0.3 is 0 Å². The molecule has 0 saturated heterocycles. The molecule has 0 aliphatic rings. The van der Waals surface area contributed by atoms with Gasteiger partial charge in [0.2, 0.25) is 0 Å². The average Bonchev–Trinajstić information content (AvgIpc) is 2.04. The summed E-state index contributed by atoms with van der Waals surface area (Å²) in [4.78, 5) is 0. The Morgan fingerprint density at radius 2 is 2.09 bits per heavy atom. The highest BCUT2D eigenvalue weighted by atomic mass is 16.3. The van der Waals surface area contributed by atoms with Gasteiger partial charge in [-0.3, -0.25) is 0 Å². The van der Waals surface area contributed by atoms with Gasteiger partial charge in [0.05, 0.1) is 0 Å². The number of rotatable bonds is 7. The maximum Gasteiger partial charge on any atom is 0.0456 e. The summed E-state index contributed by atoms with van der Waals surface area (Å²) in [5.41, 5.74) is 0. The van der Waals surface area contributed by atoms with Crippen LogP contribution < -0.4 is 0 Å². The largest absolute Gasteiger partial charge is 0.396 e. The Labute approximate surface area is 70.1 Å². The van der Waals surface area contributed by atoms with Crippen LogP contribution in [0.15, 0.2) is 12.7 Å². The molecule has 0 aromatic rings. The number of allylic oxidation sites excluding steroid dienone is 1. The van der Waals surface area contributed by atoms with Gasteiger partial charge in [0.25, 0.3) is 0 Å². The molecule has 0 aliphatic heterocycles. The molecule has 0 unspecified atom stereocenters. The topological polar surface area (TPSA) is 20.2 Å². The third kappa shape index (κ3) is 7.60. The van der Waals surface area contributed by atoms with Gasteiger partial charge in [-0.05, 0) is 25.2 Å². The first-order chi connectivity index (χ1) is 5.31. The highest BCUT2D eigenvalue weighted by molar-refractivity contribution is 4.65. The number of aliphatic hydroxyl groups is 1. The average molecular weight is 156 g/mol. The van der Waals surface area contributed by atoms with Gasteiger partial charge < -0.3 is 5.11 Å². The number of unbranched alkanes of at least 4 members (excludes halogenated alkanes) is 3. The Bertz CT molecular complexity index is 88.9. The van der Waals surface area contributed by atoms with Gasteiger partial charge in [0.1, 0.15) is 0 Å². The van der Waals surface area contributed by atoms with Crippen molar-refractivity contribution in [3.8, 4) is 0 Å². The molecule has 0 aromatic heterocycles. The molecule has 0 aromatic carbocycles. The van der Waals surface area contributed by atoms with Crippen molar-refractivity contribution in [2.45, 2.75) is 39.0 Å². The molecule has 0 radical (unpaired) electrons. The maximum atomic E-state index is 8.72. The minimum Gasteiger partial charge on any atom is -0.396 e. The van der Waals surface area contributed by atoms with Crippen LogP contribution in [-0.4, -0.2) is 11.7 Å². The molecule has 1 atom stereocenters. The highest BCUT2D eigenvalue weighted by Crippen LogP contribution is 2.09. The van der Waals surface area contributed by atoms with Crippen LogP contribution in [0.4, 0.5) is 0 Å². The molecule has 1 N–H and O–H groups in total. The minimum absolute atomic E-state index is 0.335. The van der Waals surface area contributed by atoms with Gasteiger partial charge in [-0.1, -0.05) is 25.8 Å². The lowest BCUT2D eigenvalue weighted by molar-refractivity contribution is 0.227. The van der Waals surface area contributed by atoms with E-state index in [0.29, 0.717) is 12.5 Å². The van der Waals surface area contributed by atoms with E-state index in [9.17, 15) is 0 Å². The van der Waals surface area contributed by atoms with Gasteiger partial charge in [0.15, 0.2) is 0 Å². The summed E-state index contributed by atoms with van der Waals surface area (Å²) in [6.45, 7) is 6.10. The van der Waals surface area contributed by atoms with Crippen LogP contribution in [-0.2, 0) is 0 Å². The molecular weight excluding hydrogens is 136 g/mol. The lowest BCUT2D eigenvalue weighted by atomic mass is 10.0. The van der Waals surface area contributed by atoms with Crippen molar-refractivity contribution in [3.05, 3.63) is 12.7 Å². The van der Waals surface area contributed by atoms with E-state index < -0.39 is 0 Å². The van der Waals surface area contributed by atoms with Crippen molar-refractivity contribution in [1.29, 1.82) is 0 Å². The zero-order valence-electron chi connectivity index (χ0n) is 7.55. The molecule has 0 heterocycles. The fraction of sp³-hybridized carbons (Fsp3) is 0.800. The van der Waals surface area contributed by atoms with Crippen LogP contribution in [0, 0.1) is 5.92 Å². The van der Waals surface area contributed by atoms with E-state index in [-0.39, 0.29) is 0 Å². The van der Waals surface area contributed by atoms with E-state index >= 15 is 0 Å². The summed E-state index contributed by atoms with van der Waals surface area (Å²) in [5, 5.41) is 8.72. The molecule has 0 bridgehead atoms. The molecule has 66 valence electrons. The molecule has 0 fully saturated rings. The summed E-state index contributed by atoms with van der Waals surface area (Å²) < 4.78 is 0. The fourth-order valence-corrected chi connectivity index (χ4v) is 1.05. The summed E-state index contributed by atoms with van der Waals surface area (Å²) in [7, 11) is 0. The Kier molecular flexibility index (Phi) is 7.59. The summed E-state index contributed by atoms with van der Waals surface area (Å²) in [5.74, 6) is 0.485. The van der Waals surface area contributed by atoms with Crippen molar-refractivity contribution in [1.82, 2.24) is 0 Å². The highest BCUT2D eigenvalue weighted by Gasteiger charge is 1.97. The molecule has 11 heavy (non-hydrogen) atoms. The SMILES string of the molecule is C=CCCCCC[C@H](C)CO. The zero-order chi connectivity index (χ0) is 8.53. The van der Waals surface area contributed by atoms with E-state index in [4.69, 9.17) is 5.11 Å². The molecule has 0 spiro atoms. The predicted octanol–water partition coefficient (Wildman–Crippen LogP) is 2.75. The van der Waals surface area contributed by atoms with Crippen LogP contribution in [0.3, 0.4) is 0 Å². The summed E-state index contributed by atoms with van der Waals surface area (Å²) in [6, 6.07) is 0. The van der Waals surface area contributed by atoms with E-state index in [1.54, 1.807) is 0 Å². The number of hydrogen-bond acceptors (Lipinski definition) is 1. The molecule has 0 rings (SSSR count). The Hall–Kier alpha value is -0.300. The van der Waals surface area contributed by atoms with E-state index in [1.165, 1.54) is 19.3 Å². The smallest absolute Gasteiger partial charge is 0.0456 e. The minimum atomic E-state index is 0.335. The maximum absolute atomic E-state index is 8.72. The molecule has 0 saturated carbocycles. The second-order valence-electron chi connectivity index (χ2n) is 3.21. The Morgan fingerprint density at radius 1 is 1.36 bits per heavy atom. The van der Waals surface area contributed by atoms with Crippen molar-refractivity contribution in [2.75, 3.05) is 6.61 Å². The third-order valence-electron chi connectivity index (χ3n) is 1.92. The molecule has 1 heteroatoms. The van der Waals surface area contributed by atoms with Gasteiger partial charge in [-0.25, -0.2) is 0 Å². The van der Waals surface area contributed by atoms with Crippen LogP contribution in [0.2, 0.25) is 0 Å². The molecule has 1 nitrogen and oxygen atoms in total. The van der Waals surface area contributed by atoms with Gasteiger partial charge in [-0.15, -0.1) is 6.58 Å². The van der Waals surface area contributed by atoms with Crippen LogP contribution in [0.1, 0.15) is 39.0 Å². The van der Waals surface area contributed by atoms with E-state index in [1.807, 2.05) is 6.08 Å². The first-order valence-corrected chi connectivity index (χ1v) is 4.53. The first kappa shape index (κ1) is 10.7. The first-order valence-electron chi connectivity index (χ1n) is 4.53. The van der Waals surface area contributed by atoms with E-state index in [2.05, 4.69) is 13.5 Å². The van der Waals surface area contributed by atoms with Crippen molar-refractivity contribution in [2.24, 2.45) is 5.92 Å². The Morgan fingerprint density at radius 3 is 2.64 bits per heavy atom. The van der Waals surface area contributed by atoms with Gasteiger partial charge in [-0.2, -0.15) is 0 Å².